The summed E-state index contributed by atoms with van der Waals surface area (Å²) < 4.78 is 46.3. The molecule has 1 amide bonds. The summed E-state index contributed by atoms with van der Waals surface area (Å²) in [7, 11) is -3.81. The summed E-state index contributed by atoms with van der Waals surface area (Å²) >= 11 is 0. The van der Waals surface area contributed by atoms with E-state index >= 15 is 0 Å². The quantitative estimate of drug-likeness (QED) is 0.747. The zero-order valence-corrected chi connectivity index (χ0v) is 17.1. The van der Waals surface area contributed by atoms with Crippen LogP contribution in [0.4, 0.5) is 4.39 Å². The molecule has 1 unspecified atom stereocenters. The summed E-state index contributed by atoms with van der Waals surface area (Å²) in [5.41, 5.74) is 0.807. The Labute approximate surface area is 170 Å². The molecule has 2 aromatic carbocycles. The van der Waals surface area contributed by atoms with Crippen LogP contribution in [0.2, 0.25) is 0 Å². The van der Waals surface area contributed by atoms with Gasteiger partial charge in [-0.2, -0.15) is 4.31 Å². The van der Waals surface area contributed by atoms with Crippen molar-refractivity contribution in [3.8, 4) is 0 Å². The second-order valence-electron chi connectivity index (χ2n) is 6.88. The van der Waals surface area contributed by atoms with Crippen LogP contribution in [0.1, 0.15) is 35.2 Å². The fourth-order valence-corrected chi connectivity index (χ4v) is 4.74. The van der Waals surface area contributed by atoms with Gasteiger partial charge in [0.15, 0.2) is 0 Å². The molecule has 1 heterocycles. The van der Waals surface area contributed by atoms with E-state index in [0.717, 1.165) is 24.1 Å². The van der Waals surface area contributed by atoms with Gasteiger partial charge in [0, 0.05) is 25.6 Å². The highest BCUT2D eigenvalue weighted by molar-refractivity contribution is 7.89. The predicted molar refractivity (Wildman–Crippen MR) is 108 cm³/mol. The second kappa shape index (κ2) is 9.47. The first-order valence-electron chi connectivity index (χ1n) is 9.64. The van der Waals surface area contributed by atoms with Gasteiger partial charge in [0.2, 0.25) is 10.0 Å². The molecule has 8 heteroatoms. The van der Waals surface area contributed by atoms with Crippen molar-refractivity contribution in [2.75, 3.05) is 32.8 Å². The Morgan fingerprint density at radius 2 is 1.86 bits per heavy atom. The molecule has 0 radical (unpaired) electrons. The molecule has 2 aromatic rings. The van der Waals surface area contributed by atoms with E-state index in [2.05, 4.69) is 5.32 Å². The maximum atomic E-state index is 14.3. The first-order chi connectivity index (χ1) is 13.9. The number of benzene rings is 2. The van der Waals surface area contributed by atoms with Gasteiger partial charge in [0.1, 0.15) is 5.82 Å². The molecule has 0 aliphatic carbocycles. The predicted octanol–water partition coefficient (Wildman–Crippen LogP) is 2.77. The van der Waals surface area contributed by atoms with Crippen LogP contribution in [-0.4, -0.2) is 51.5 Å². The summed E-state index contributed by atoms with van der Waals surface area (Å²) in [6, 6.07) is 13.1. The summed E-state index contributed by atoms with van der Waals surface area (Å²) in [5, 5.41) is 2.74. The van der Waals surface area contributed by atoms with Crippen molar-refractivity contribution < 1.29 is 22.3 Å². The van der Waals surface area contributed by atoms with Crippen molar-refractivity contribution in [1.82, 2.24) is 9.62 Å². The number of hydrogen-bond donors (Lipinski definition) is 1. The average molecular weight is 421 g/mol. The minimum absolute atomic E-state index is 0.0866. The number of hydrogen-bond acceptors (Lipinski definition) is 4. The highest BCUT2D eigenvalue weighted by Gasteiger charge is 2.28. The minimum atomic E-state index is -3.81. The van der Waals surface area contributed by atoms with Crippen LogP contribution in [0.25, 0.3) is 0 Å². The molecular weight excluding hydrogens is 395 g/mol. The van der Waals surface area contributed by atoms with Crippen molar-refractivity contribution in [1.29, 1.82) is 0 Å². The van der Waals surface area contributed by atoms with E-state index < -0.39 is 21.7 Å². The number of ether oxygens (including phenoxy) is 1. The highest BCUT2D eigenvalue weighted by atomic mass is 32.2. The number of halogens is 1. The molecule has 1 saturated heterocycles. The molecule has 0 spiro atoms. The van der Waals surface area contributed by atoms with Crippen LogP contribution in [0.5, 0.6) is 0 Å². The van der Waals surface area contributed by atoms with Crippen molar-refractivity contribution in [3.63, 3.8) is 0 Å². The van der Waals surface area contributed by atoms with E-state index in [1.807, 2.05) is 37.3 Å². The second-order valence-corrected chi connectivity index (χ2v) is 8.82. The standard InChI is InChI=1S/C21H25FN2O4S/c1-2-16(17-6-4-3-5-7-17)15-23-21(25)19-14-18(8-9-20(19)22)29(26,27)24-10-12-28-13-11-24/h3-9,14,16H,2,10-13,15H2,1H3,(H,23,25). The largest absolute Gasteiger partial charge is 0.379 e. The van der Waals surface area contributed by atoms with Gasteiger partial charge in [-0.1, -0.05) is 37.3 Å². The first kappa shape index (κ1) is 21.4. The maximum absolute atomic E-state index is 14.3. The molecule has 1 aliphatic rings. The van der Waals surface area contributed by atoms with Gasteiger partial charge in [0.25, 0.3) is 5.91 Å². The Balaban J connectivity index is 1.76. The summed E-state index contributed by atoms with van der Waals surface area (Å²) in [5.74, 6) is -1.30. The van der Waals surface area contributed by atoms with Gasteiger partial charge in [-0.25, -0.2) is 12.8 Å². The van der Waals surface area contributed by atoms with E-state index in [9.17, 15) is 17.6 Å². The monoisotopic (exact) mass is 420 g/mol. The Morgan fingerprint density at radius 1 is 1.17 bits per heavy atom. The lowest BCUT2D eigenvalue weighted by Crippen LogP contribution is -2.40. The van der Waals surface area contributed by atoms with Gasteiger partial charge in [-0.05, 0) is 30.2 Å². The van der Waals surface area contributed by atoms with Crippen LogP contribution in [-0.2, 0) is 14.8 Å². The van der Waals surface area contributed by atoms with E-state index in [-0.39, 0.29) is 29.5 Å². The minimum Gasteiger partial charge on any atom is -0.379 e. The molecule has 1 N–H and O–H groups in total. The maximum Gasteiger partial charge on any atom is 0.254 e. The third-order valence-corrected chi connectivity index (χ3v) is 6.96. The molecule has 1 fully saturated rings. The lowest BCUT2D eigenvalue weighted by molar-refractivity contribution is 0.0730. The van der Waals surface area contributed by atoms with Crippen molar-refractivity contribution in [2.24, 2.45) is 0 Å². The third kappa shape index (κ3) is 5.01. The Hall–Kier alpha value is -2.29. The molecule has 6 nitrogen and oxygen atoms in total. The molecule has 0 aromatic heterocycles. The number of carbonyl (C=O) groups is 1. The van der Waals surface area contributed by atoms with Gasteiger partial charge in [0.05, 0.1) is 23.7 Å². The van der Waals surface area contributed by atoms with Crippen molar-refractivity contribution in [3.05, 3.63) is 65.5 Å². The SMILES string of the molecule is CCC(CNC(=O)c1cc(S(=O)(=O)N2CCOCC2)ccc1F)c1ccccc1. The normalized spacial score (nSPS) is 16.3. The van der Waals surface area contributed by atoms with Gasteiger partial charge in [-0.3, -0.25) is 4.79 Å². The summed E-state index contributed by atoms with van der Waals surface area (Å²) in [6.07, 6.45) is 0.804. The van der Waals surface area contributed by atoms with E-state index in [1.165, 1.54) is 10.4 Å². The Kier molecular flexibility index (Phi) is 7.00. The van der Waals surface area contributed by atoms with Gasteiger partial charge < -0.3 is 10.1 Å². The number of morpholine rings is 1. The molecule has 29 heavy (non-hydrogen) atoms. The van der Waals surface area contributed by atoms with Gasteiger partial charge >= 0.3 is 0 Å². The Bertz CT molecular complexity index is 944. The Morgan fingerprint density at radius 3 is 2.52 bits per heavy atom. The van der Waals surface area contributed by atoms with E-state index in [1.54, 1.807) is 0 Å². The topological polar surface area (TPSA) is 75.7 Å². The van der Waals surface area contributed by atoms with Crippen LogP contribution in [0, 0.1) is 5.82 Å². The van der Waals surface area contributed by atoms with Crippen LogP contribution >= 0.6 is 0 Å². The average Bonchev–Trinajstić information content (AvgIpc) is 2.75. The van der Waals surface area contributed by atoms with Gasteiger partial charge in [-0.15, -0.1) is 0 Å². The number of nitrogens with zero attached hydrogens (tertiary/aromatic N) is 1. The van der Waals surface area contributed by atoms with Crippen LogP contribution in [0.15, 0.2) is 53.4 Å². The van der Waals surface area contributed by atoms with Crippen molar-refractivity contribution in [2.45, 2.75) is 24.2 Å². The third-order valence-electron chi connectivity index (χ3n) is 5.06. The number of sulfonamides is 1. The lowest BCUT2D eigenvalue weighted by Gasteiger charge is -2.26. The number of amides is 1. The van der Waals surface area contributed by atoms with E-state index in [0.29, 0.717) is 19.8 Å². The molecule has 0 saturated carbocycles. The lowest BCUT2D eigenvalue weighted by atomic mass is 9.96. The molecule has 0 bridgehead atoms. The smallest absolute Gasteiger partial charge is 0.254 e. The fraction of sp³-hybridized carbons (Fsp3) is 0.381. The van der Waals surface area contributed by atoms with Crippen LogP contribution in [0.3, 0.4) is 0 Å². The molecule has 1 atom stereocenters. The number of rotatable bonds is 7. The van der Waals surface area contributed by atoms with E-state index in [4.69, 9.17) is 4.74 Å². The molecule has 156 valence electrons. The van der Waals surface area contributed by atoms with Crippen LogP contribution < -0.4 is 5.32 Å². The number of nitrogens with one attached hydrogen (secondary N) is 1. The summed E-state index contributed by atoms with van der Waals surface area (Å²) in [6.45, 7) is 3.43. The fourth-order valence-electron chi connectivity index (χ4n) is 3.31. The molecule has 1 aliphatic heterocycles. The molecule has 3 rings (SSSR count). The molecular formula is C21H25FN2O4S. The first-order valence-corrected chi connectivity index (χ1v) is 11.1. The zero-order valence-electron chi connectivity index (χ0n) is 16.3. The summed E-state index contributed by atoms with van der Waals surface area (Å²) in [4.78, 5) is 12.5. The van der Waals surface area contributed by atoms with Crippen molar-refractivity contribution >= 4 is 15.9 Å². The highest BCUT2D eigenvalue weighted by Crippen LogP contribution is 2.21. The number of carbonyl (C=O) groups excluding carboxylic acids is 1. The zero-order chi connectivity index (χ0) is 20.9.